The highest BCUT2D eigenvalue weighted by Gasteiger charge is 2.59. The molecule has 1 saturated heterocycles. The Labute approximate surface area is 197 Å². The van der Waals surface area contributed by atoms with E-state index in [2.05, 4.69) is 15.3 Å². The molecule has 1 aliphatic heterocycles. The van der Waals surface area contributed by atoms with Gasteiger partial charge in [-0.25, -0.2) is 4.39 Å². The molecule has 2 aliphatic rings. The zero-order valence-electron chi connectivity index (χ0n) is 18.1. The average molecular weight is 493 g/mol. The number of carbonyl (C=O) groups excluding carboxylic acids is 2. The molecule has 0 atom stereocenters. The van der Waals surface area contributed by atoms with Gasteiger partial charge in [-0.05, 0) is 55.7 Å². The number of pyridine rings is 1. The monoisotopic (exact) mass is 493 g/mol. The van der Waals surface area contributed by atoms with Gasteiger partial charge >= 0.3 is 6.18 Å². The lowest BCUT2D eigenvalue weighted by Crippen LogP contribution is -2.55. The molecular weight excluding hydrogens is 474 g/mol. The first-order valence-electron chi connectivity index (χ1n) is 10.2. The van der Waals surface area contributed by atoms with Crippen LogP contribution in [0, 0.1) is 5.82 Å². The number of amides is 2. The summed E-state index contributed by atoms with van der Waals surface area (Å²) < 4.78 is 55.7. The molecule has 2 heterocycles. The molecule has 178 valence electrons. The predicted molar refractivity (Wildman–Crippen MR) is 122 cm³/mol. The quantitative estimate of drug-likeness (QED) is 0.399. The lowest BCUT2D eigenvalue weighted by Gasteiger charge is -2.43. The van der Waals surface area contributed by atoms with Gasteiger partial charge in [-0.2, -0.15) is 13.2 Å². The van der Waals surface area contributed by atoms with Crippen molar-refractivity contribution in [3.63, 3.8) is 0 Å². The molecule has 7 nitrogen and oxygen atoms in total. The van der Waals surface area contributed by atoms with Crippen molar-refractivity contribution < 1.29 is 27.2 Å². The lowest BCUT2D eigenvalue weighted by atomic mass is 9.75. The molecule has 2 aromatic rings. The van der Waals surface area contributed by atoms with E-state index in [1.54, 1.807) is 0 Å². The molecular formula is C22H19F4N5O2S. The molecule has 1 spiro atoms. The van der Waals surface area contributed by atoms with E-state index in [1.807, 2.05) is 0 Å². The Morgan fingerprint density at radius 3 is 2.50 bits per heavy atom. The van der Waals surface area contributed by atoms with Gasteiger partial charge in [0.2, 0.25) is 0 Å². The van der Waals surface area contributed by atoms with E-state index in [0.717, 1.165) is 29.4 Å². The Morgan fingerprint density at radius 1 is 1.26 bits per heavy atom. The second-order valence-corrected chi connectivity index (χ2v) is 8.26. The molecule has 0 unspecified atom stereocenters. The third-order valence-corrected chi connectivity index (χ3v) is 6.36. The summed E-state index contributed by atoms with van der Waals surface area (Å²) in [4.78, 5) is 35.2. The second kappa shape index (κ2) is 8.42. The van der Waals surface area contributed by atoms with Gasteiger partial charge in [0.15, 0.2) is 5.11 Å². The summed E-state index contributed by atoms with van der Waals surface area (Å²) in [5, 5.41) is 2.24. The Kier molecular flexibility index (Phi) is 5.88. The first-order chi connectivity index (χ1) is 16.0. The van der Waals surface area contributed by atoms with Gasteiger partial charge in [-0.15, -0.1) is 0 Å². The van der Waals surface area contributed by atoms with Crippen LogP contribution in [0.25, 0.3) is 0 Å². The van der Waals surface area contributed by atoms with Gasteiger partial charge in [0.05, 0.1) is 28.7 Å². The van der Waals surface area contributed by atoms with Crippen molar-refractivity contribution >= 4 is 46.7 Å². The van der Waals surface area contributed by atoms with Crippen LogP contribution in [0.1, 0.15) is 40.9 Å². The fourth-order valence-electron chi connectivity index (χ4n) is 4.21. The van der Waals surface area contributed by atoms with Crippen LogP contribution >= 0.6 is 12.2 Å². The van der Waals surface area contributed by atoms with Gasteiger partial charge in [0, 0.05) is 26.0 Å². The number of nitrogens with zero attached hydrogens (tertiary/aromatic N) is 4. The van der Waals surface area contributed by atoms with Crippen LogP contribution in [-0.2, 0) is 11.0 Å². The number of aliphatic imine (C=N–C) groups is 1. The predicted octanol–water partition coefficient (Wildman–Crippen LogP) is 3.71. The van der Waals surface area contributed by atoms with E-state index in [4.69, 9.17) is 12.2 Å². The van der Waals surface area contributed by atoms with Crippen molar-refractivity contribution in [2.45, 2.75) is 31.0 Å². The van der Waals surface area contributed by atoms with Crippen molar-refractivity contribution in [2.24, 2.45) is 4.99 Å². The third-order valence-electron chi connectivity index (χ3n) is 5.99. The van der Waals surface area contributed by atoms with Crippen molar-refractivity contribution in [1.29, 1.82) is 0 Å². The summed E-state index contributed by atoms with van der Waals surface area (Å²) in [6.45, 7) is 0. The number of hydrogen-bond donors (Lipinski definition) is 1. The number of nitrogens with one attached hydrogen (secondary N) is 1. The average Bonchev–Trinajstić information content (AvgIpc) is 2.99. The fourth-order valence-corrected chi connectivity index (χ4v) is 4.68. The molecule has 1 N–H and O–H groups in total. The lowest BCUT2D eigenvalue weighted by molar-refractivity contribution is -0.138. The molecule has 1 aromatic heterocycles. The van der Waals surface area contributed by atoms with Gasteiger partial charge in [0.1, 0.15) is 11.4 Å². The normalized spacial score (nSPS) is 17.6. The third kappa shape index (κ3) is 3.61. The largest absolute Gasteiger partial charge is 0.418 e. The van der Waals surface area contributed by atoms with Gasteiger partial charge in [0.25, 0.3) is 11.8 Å². The molecule has 12 heteroatoms. The summed E-state index contributed by atoms with van der Waals surface area (Å²) >= 11 is 5.52. The molecule has 2 fully saturated rings. The highest BCUT2D eigenvalue weighted by Crippen LogP contribution is 2.48. The van der Waals surface area contributed by atoms with E-state index in [-0.39, 0.29) is 22.1 Å². The van der Waals surface area contributed by atoms with E-state index in [0.29, 0.717) is 19.3 Å². The summed E-state index contributed by atoms with van der Waals surface area (Å²) in [6, 6.07) is 4.62. The van der Waals surface area contributed by atoms with Crippen LogP contribution < -0.4 is 15.1 Å². The molecule has 0 radical (unpaired) electrons. The zero-order valence-corrected chi connectivity index (χ0v) is 18.9. The van der Waals surface area contributed by atoms with Crippen LogP contribution in [0.5, 0.6) is 0 Å². The Balaban J connectivity index is 1.80. The number of hydrogen-bond acceptors (Lipinski definition) is 5. The highest BCUT2D eigenvalue weighted by atomic mass is 32.1. The van der Waals surface area contributed by atoms with E-state index in [1.165, 1.54) is 31.1 Å². The maximum Gasteiger partial charge on any atom is 0.418 e. The molecule has 1 saturated carbocycles. The minimum Gasteiger partial charge on any atom is -0.355 e. The second-order valence-electron chi connectivity index (χ2n) is 7.90. The summed E-state index contributed by atoms with van der Waals surface area (Å²) in [5.74, 6) is -1.94. The number of thiocarbonyl (C=S) groups is 1. The summed E-state index contributed by atoms with van der Waals surface area (Å²) in [7, 11) is 2.69. The minimum absolute atomic E-state index is 0.0939. The number of rotatable bonds is 4. The topological polar surface area (TPSA) is 77.9 Å². The number of halogens is 4. The first-order valence-corrected chi connectivity index (χ1v) is 10.7. The van der Waals surface area contributed by atoms with E-state index in [9.17, 15) is 27.2 Å². The number of benzene rings is 1. The van der Waals surface area contributed by atoms with Crippen molar-refractivity contribution in [3.8, 4) is 0 Å². The number of alkyl halides is 3. The van der Waals surface area contributed by atoms with Crippen LogP contribution in [-0.4, -0.2) is 47.8 Å². The standard InChI is InChI=1S/C22H19F4N5O2S/c1-27-11-17-15(22(24,25)26)8-13(10-29-17)30-19(33)21(6-3-7-21)31(20(30)34)12-4-5-14(16(23)9-12)18(32)28-2/h4-5,8-11H,3,6-7H2,1-2H3,(H,28,32). The van der Waals surface area contributed by atoms with Crippen LogP contribution in [0.4, 0.5) is 28.9 Å². The van der Waals surface area contributed by atoms with Crippen LogP contribution in [0.15, 0.2) is 35.5 Å². The Hall–Kier alpha value is -3.41. The SMILES string of the molecule is CN=Cc1ncc(N2C(=O)C3(CCC3)N(c3ccc(C(=O)NC)c(F)c3)C2=S)cc1C(F)(F)F. The number of aromatic nitrogens is 1. The van der Waals surface area contributed by atoms with Crippen molar-refractivity contribution in [3.05, 3.63) is 53.1 Å². The van der Waals surface area contributed by atoms with Crippen molar-refractivity contribution in [1.82, 2.24) is 10.3 Å². The molecule has 1 aliphatic carbocycles. The van der Waals surface area contributed by atoms with Gasteiger partial charge in [-0.1, -0.05) is 0 Å². The minimum atomic E-state index is -4.74. The van der Waals surface area contributed by atoms with E-state index < -0.39 is 40.6 Å². The first kappa shape index (κ1) is 23.7. The zero-order chi connectivity index (χ0) is 24.8. The maximum atomic E-state index is 14.7. The molecule has 4 rings (SSSR count). The molecule has 1 aromatic carbocycles. The van der Waals surface area contributed by atoms with E-state index >= 15 is 0 Å². The van der Waals surface area contributed by atoms with Crippen LogP contribution in [0.2, 0.25) is 0 Å². The Morgan fingerprint density at radius 2 is 1.97 bits per heavy atom. The number of carbonyl (C=O) groups is 2. The van der Waals surface area contributed by atoms with Crippen molar-refractivity contribution in [2.75, 3.05) is 23.9 Å². The molecule has 0 bridgehead atoms. The summed E-state index contributed by atoms with van der Waals surface area (Å²) in [5.41, 5.74) is -2.70. The fraction of sp³-hybridized carbons (Fsp3) is 0.318. The van der Waals surface area contributed by atoms with Gasteiger partial charge < -0.3 is 10.2 Å². The smallest absolute Gasteiger partial charge is 0.355 e. The van der Waals surface area contributed by atoms with Crippen LogP contribution in [0.3, 0.4) is 0 Å². The van der Waals surface area contributed by atoms with Gasteiger partial charge in [-0.3, -0.25) is 24.5 Å². The Bertz CT molecular complexity index is 1230. The number of anilines is 2. The maximum absolute atomic E-state index is 14.7. The summed E-state index contributed by atoms with van der Waals surface area (Å²) in [6.07, 6.45) is -1.16. The molecule has 2 amide bonds. The molecule has 34 heavy (non-hydrogen) atoms. The highest BCUT2D eigenvalue weighted by molar-refractivity contribution is 7.81.